The number of nitrogens with zero attached hydrogens (tertiary/aromatic N) is 3. The largest absolute Gasteiger partial charge is 0.469 e. The van der Waals surface area contributed by atoms with Crippen LogP contribution in [0, 0.1) is 0 Å². The van der Waals surface area contributed by atoms with Crippen LogP contribution in [0.5, 0.6) is 0 Å². The Morgan fingerprint density at radius 1 is 1.50 bits per heavy atom. The zero-order valence-corrected chi connectivity index (χ0v) is 15.7. The molecule has 15 heteroatoms. The highest BCUT2D eigenvalue weighted by atomic mass is 31.2. The van der Waals surface area contributed by atoms with Crippen molar-refractivity contribution in [1.29, 1.82) is 0 Å². The summed E-state index contributed by atoms with van der Waals surface area (Å²) in [6.07, 6.45) is -4.10. The number of aliphatic hydroxyl groups excluding tert-OH is 1. The lowest BCUT2D eigenvalue weighted by Gasteiger charge is -2.24. The number of hydrogen-bond donors (Lipinski definition) is 5. The lowest BCUT2D eigenvalue weighted by atomic mass is 10.1. The normalized spacial score (nSPS) is 26.8. The van der Waals surface area contributed by atoms with Gasteiger partial charge in [-0.25, -0.2) is 9.55 Å². The van der Waals surface area contributed by atoms with Gasteiger partial charge in [-0.15, -0.1) is 0 Å². The van der Waals surface area contributed by atoms with Crippen LogP contribution >= 0.6 is 7.82 Å². The number of imidazole rings is 1. The first-order valence-corrected chi connectivity index (χ1v) is 9.58. The van der Waals surface area contributed by atoms with Crippen LogP contribution in [-0.2, 0) is 23.3 Å². The van der Waals surface area contributed by atoms with Gasteiger partial charge < -0.3 is 34.8 Å². The van der Waals surface area contributed by atoms with Crippen molar-refractivity contribution in [2.24, 2.45) is 0 Å². The number of H-pyrrole nitrogens is 1. The third-order valence-electron chi connectivity index (χ3n) is 4.13. The SMILES string of the molecule is COC(C)O[C@@H]1[C@H](O)[C@@H](COP(=O)(O)O)O[C@H]1n1cnc2c(=O)[nH]c(N)nc21. The molecule has 2 aromatic heterocycles. The monoisotopic (exact) mass is 421 g/mol. The zero-order valence-electron chi connectivity index (χ0n) is 14.8. The molecule has 6 N–H and O–H groups in total. The van der Waals surface area contributed by atoms with Crippen molar-refractivity contribution in [2.45, 2.75) is 37.8 Å². The second-order valence-electron chi connectivity index (χ2n) is 6.02. The summed E-state index contributed by atoms with van der Waals surface area (Å²) in [6.45, 7) is 0.974. The first kappa shape index (κ1) is 20.8. The Kier molecular flexibility index (Phi) is 5.84. The smallest absolute Gasteiger partial charge is 0.387 e. The second kappa shape index (κ2) is 7.85. The molecule has 1 saturated heterocycles. The molecule has 0 saturated carbocycles. The first-order chi connectivity index (χ1) is 13.1. The number of nitrogens with two attached hydrogens (primary N) is 1. The van der Waals surface area contributed by atoms with Gasteiger partial charge >= 0.3 is 7.82 Å². The van der Waals surface area contributed by atoms with E-state index in [0.29, 0.717) is 0 Å². The fraction of sp³-hybridized carbons (Fsp3) is 0.615. The summed E-state index contributed by atoms with van der Waals surface area (Å²) in [5.41, 5.74) is 5.08. The van der Waals surface area contributed by atoms with Gasteiger partial charge in [0.05, 0.1) is 12.9 Å². The molecule has 28 heavy (non-hydrogen) atoms. The van der Waals surface area contributed by atoms with E-state index in [2.05, 4.69) is 19.5 Å². The van der Waals surface area contributed by atoms with Gasteiger partial charge in [-0.05, 0) is 6.92 Å². The molecule has 1 aliphatic rings. The molecule has 1 fully saturated rings. The van der Waals surface area contributed by atoms with E-state index in [4.69, 9.17) is 29.7 Å². The molecule has 3 rings (SSSR count). The van der Waals surface area contributed by atoms with Crippen LogP contribution in [0.1, 0.15) is 13.2 Å². The fourth-order valence-electron chi connectivity index (χ4n) is 2.80. The average Bonchev–Trinajstić information content (AvgIpc) is 3.14. The minimum atomic E-state index is -4.78. The van der Waals surface area contributed by atoms with E-state index in [1.54, 1.807) is 6.92 Å². The minimum absolute atomic E-state index is 0.0132. The molecular formula is C13H20N5O9P. The van der Waals surface area contributed by atoms with Gasteiger partial charge in [-0.3, -0.25) is 18.9 Å². The molecule has 156 valence electrons. The Balaban J connectivity index is 1.96. The minimum Gasteiger partial charge on any atom is -0.387 e. The number of phosphoric acid groups is 1. The number of nitrogen functional groups attached to an aromatic ring is 1. The molecule has 0 aliphatic carbocycles. The van der Waals surface area contributed by atoms with Crippen molar-refractivity contribution >= 4 is 24.9 Å². The van der Waals surface area contributed by atoms with E-state index in [1.807, 2.05) is 0 Å². The summed E-state index contributed by atoms with van der Waals surface area (Å²) in [5, 5.41) is 10.6. The summed E-state index contributed by atoms with van der Waals surface area (Å²) in [5.74, 6) is -0.151. The number of nitrogens with one attached hydrogen (secondary N) is 1. The van der Waals surface area contributed by atoms with E-state index in [-0.39, 0.29) is 17.1 Å². The van der Waals surface area contributed by atoms with Gasteiger partial charge in [0, 0.05) is 7.11 Å². The molecular weight excluding hydrogens is 401 g/mol. The van der Waals surface area contributed by atoms with Crippen LogP contribution in [0.4, 0.5) is 5.95 Å². The molecule has 0 aromatic carbocycles. The standard InChI is InChI=1S/C13H20N5O9P/c1-5(24-2)26-9-8(19)6(3-25-28(21,22)23)27-12(9)18-4-15-7-10(18)16-13(14)17-11(7)20/h4-6,8-9,12,19H,3H2,1-2H3,(H2,21,22,23)(H3,14,16,17,20)/t5?,6-,8-,9-,12-/m1/s1. The number of aromatic nitrogens is 4. The Morgan fingerprint density at radius 3 is 2.86 bits per heavy atom. The number of rotatable bonds is 7. The van der Waals surface area contributed by atoms with E-state index < -0.39 is 50.8 Å². The topological polar surface area (TPSA) is 204 Å². The maximum absolute atomic E-state index is 12.0. The number of fused-ring (bicyclic) bond motifs is 1. The van der Waals surface area contributed by atoms with E-state index in [9.17, 15) is 14.5 Å². The van der Waals surface area contributed by atoms with Crippen molar-refractivity contribution in [3.63, 3.8) is 0 Å². The van der Waals surface area contributed by atoms with Gasteiger partial charge in [-0.1, -0.05) is 0 Å². The fourth-order valence-corrected chi connectivity index (χ4v) is 3.14. The Hall–Kier alpha value is -1.90. The molecule has 0 amide bonds. The predicted molar refractivity (Wildman–Crippen MR) is 91.8 cm³/mol. The summed E-state index contributed by atoms with van der Waals surface area (Å²) in [6, 6.07) is 0. The van der Waals surface area contributed by atoms with Crippen LogP contribution in [0.2, 0.25) is 0 Å². The molecule has 0 spiro atoms. The highest BCUT2D eigenvalue weighted by molar-refractivity contribution is 7.46. The van der Waals surface area contributed by atoms with Crippen LogP contribution in [0.25, 0.3) is 11.2 Å². The van der Waals surface area contributed by atoms with Crippen LogP contribution < -0.4 is 11.3 Å². The molecule has 3 heterocycles. The maximum atomic E-state index is 12.0. The van der Waals surface area contributed by atoms with Gasteiger partial charge in [-0.2, -0.15) is 4.98 Å². The molecule has 1 unspecified atom stereocenters. The second-order valence-corrected chi connectivity index (χ2v) is 7.26. The van der Waals surface area contributed by atoms with Crippen LogP contribution in [-0.4, -0.2) is 72.7 Å². The molecule has 2 aromatic rings. The number of ether oxygens (including phenoxy) is 3. The number of aromatic amines is 1. The van der Waals surface area contributed by atoms with E-state index in [1.165, 1.54) is 18.0 Å². The Morgan fingerprint density at radius 2 is 2.21 bits per heavy atom. The lowest BCUT2D eigenvalue weighted by Crippen LogP contribution is -2.38. The van der Waals surface area contributed by atoms with Crippen molar-refractivity contribution in [3.05, 3.63) is 16.7 Å². The summed E-state index contributed by atoms with van der Waals surface area (Å²) < 4.78 is 33.1. The van der Waals surface area contributed by atoms with E-state index in [0.717, 1.165) is 0 Å². The number of methoxy groups -OCH3 is 1. The average molecular weight is 421 g/mol. The molecule has 5 atom stereocenters. The zero-order chi connectivity index (χ0) is 20.6. The van der Waals surface area contributed by atoms with Crippen molar-refractivity contribution in [3.8, 4) is 0 Å². The number of hydrogen-bond acceptors (Lipinski definition) is 10. The van der Waals surface area contributed by atoms with Crippen molar-refractivity contribution < 1.29 is 38.2 Å². The molecule has 14 nitrogen and oxygen atoms in total. The number of aliphatic hydroxyl groups is 1. The third kappa shape index (κ3) is 4.24. The molecule has 1 aliphatic heterocycles. The van der Waals surface area contributed by atoms with E-state index >= 15 is 0 Å². The summed E-state index contributed by atoms with van der Waals surface area (Å²) in [4.78, 5) is 40.1. The number of anilines is 1. The highest BCUT2D eigenvalue weighted by Crippen LogP contribution is 2.39. The van der Waals surface area contributed by atoms with Gasteiger partial charge in [0.2, 0.25) is 5.95 Å². The van der Waals surface area contributed by atoms with Gasteiger partial charge in [0.25, 0.3) is 5.56 Å². The predicted octanol–water partition coefficient (Wildman–Crippen LogP) is -1.55. The molecule has 0 bridgehead atoms. The quantitative estimate of drug-likeness (QED) is 0.254. The first-order valence-electron chi connectivity index (χ1n) is 8.05. The van der Waals surface area contributed by atoms with Crippen molar-refractivity contribution in [1.82, 2.24) is 19.5 Å². The van der Waals surface area contributed by atoms with Crippen LogP contribution in [0.3, 0.4) is 0 Å². The highest BCUT2D eigenvalue weighted by Gasteiger charge is 2.47. The van der Waals surface area contributed by atoms with Crippen molar-refractivity contribution in [2.75, 3.05) is 19.5 Å². The molecule has 0 radical (unpaired) electrons. The summed E-state index contributed by atoms with van der Waals surface area (Å²) in [7, 11) is -3.39. The lowest BCUT2D eigenvalue weighted by molar-refractivity contribution is -0.181. The summed E-state index contributed by atoms with van der Waals surface area (Å²) >= 11 is 0. The van der Waals surface area contributed by atoms with Gasteiger partial charge in [0.15, 0.2) is 23.7 Å². The third-order valence-corrected chi connectivity index (χ3v) is 4.61. The van der Waals surface area contributed by atoms with Crippen LogP contribution in [0.15, 0.2) is 11.1 Å². The Labute approximate surface area is 157 Å². The number of phosphoric ester groups is 1. The van der Waals surface area contributed by atoms with Gasteiger partial charge in [0.1, 0.15) is 18.3 Å². The Bertz CT molecular complexity index is 942. The maximum Gasteiger partial charge on any atom is 0.469 e.